The summed E-state index contributed by atoms with van der Waals surface area (Å²) in [4.78, 5) is 4.10. The second kappa shape index (κ2) is 5.91. The molecule has 2 aromatic rings. The van der Waals surface area contributed by atoms with Crippen molar-refractivity contribution in [1.82, 2.24) is 4.98 Å². The Morgan fingerprint density at radius 2 is 2.06 bits per heavy atom. The molecule has 5 heteroatoms. The number of hydrogen-bond acceptors (Lipinski definition) is 2. The SMILES string of the molecule is Cc1cc(NCc2ccc(Cl)cc2Br)cnc1Cl. The summed E-state index contributed by atoms with van der Waals surface area (Å²) in [5.74, 6) is 0. The molecule has 0 atom stereocenters. The molecule has 1 aromatic heterocycles. The summed E-state index contributed by atoms with van der Waals surface area (Å²) in [5.41, 5.74) is 3.03. The van der Waals surface area contributed by atoms with E-state index < -0.39 is 0 Å². The normalized spacial score (nSPS) is 10.4. The zero-order chi connectivity index (χ0) is 13.1. The molecule has 0 unspecified atom stereocenters. The first-order valence-corrected chi connectivity index (χ1v) is 6.91. The molecule has 0 aliphatic carbocycles. The first kappa shape index (κ1) is 13.7. The van der Waals surface area contributed by atoms with Crippen molar-refractivity contribution in [2.75, 3.05) is 5.32 Å². The number of aryl methyl sites for hydroxylation is 1. The van der Waals surface area contributed by atoms with Gasteiger partial charge in [-0.05, 0) is 36.2 Å². The van der Waals surface area contributed by atoms with Gasteiger partial charge in [0.15, 0.2) is 0 Å². The maximum Gasteiger partial charge on any atom is 0.132 e. The van der Waals surface area contributed by atoms with E-state index in [-0.39, 0.29) is 0 Å². The molecule has 2 nitrogen and oxygen atoms in total. The predicted octanol–water partition coefficient (Wildman–Crippen LogP) is 5.07. The smallest absolute Gasteiger partial charge is 0.132 e. The van der Waals surface area contributed by atoms with Crippen molar-refractivity contribution < 1.29 is 0 Å². The quantitative estimate of drug-likeness (QED) is 0.785. The van der Waals surface area contributed by atoms with Gasteiger partial charge >= 0.3 is 0 Å². The van der Waals surface area contributed by atoms with Gasteiger partial charge in [-0.3, -0.25) is 0 Å². The van der Waals surface area contributed by atoms with Gasteiger partial charge < -0.3 is 5.32 Å². The highest BCUT2D eigenvalue weighted by molar-refractivity contribution is 9.10. The molecule has 0 radical (unpaired) electrons. The molecule has 2 rings (SSSR count). The Morgan fingerprint density at radius 3 is 2.72 bits per heavy atom. The van der Waals surface area contributed by atoms with Crippen molar-refractivity contribution in [3.63, 3.8) is 0 Å². The average Bonchev–Trinajstić information content (AvgIpc) is 2.32. The molecular formula is C13H11BrCl2N2. The number of pyridine rings is 1. The lowest BCUT2D eigenvalue weighted by atomic mass is 10.2. The lowest BCUT2D eigenvalue weighted by Gasteiger charge is -2.09. The Kier molecular flexibility index (Phi) is 4.49. The third kappa shape index (κ3) is 3.37. The van der Waals surface area contributed by atoms with Crippen molar-refractivity contribution in [2.45, 2.75) is 13.5 Å². The molecule has 94 valence electrons. The van der Waals surface area contributed by atoms with E-state index in [2.05, 4.69) is 26.2 Å². The first-order valence-electron chi connectivity index (χ1n) is 5.36. The fourth-order valence-electron chi connectivity index (χ4n) is 1.52. The van der Waals surface area contributed by atoms with Crippen molar-refractivity contribution in [3.8, 4) is 0 Å². The Hall–Kier alpha value is -0.770. The number of nitrogens with zero attached hydrogens (tertiary/aromatic N) is 1. The van der Waals surface area contributed by atoms with Crippen LogP contribution < -0.4 is 5.32 Å². The highest BCUT2D eigenvalue weighted by atomic mass is 79.9. The number of nitrogens with one attached hydrogen (secondary N) is 1. The standard InChI is InChI=1S/C13H11BrCl2N2/c1-8-4-11(7-18-13(8)16)17-6-9-2-3-10(15)5-12(9)14/h2-5,7,17H,6H2,1H3. The fraction of sp³-hybridized carbons (Fsp3) is 0.154. The maximum atomic E-state index is 5.90. The number of benzene rings is 1. The van der Waals surface area contributed by atoms with Crippen LogP contribution in [0.25, 0.3) is 0 Å². The minimum Gasteiger partial charge on any atom is -0.380 e. The molecule has 0 fully saturated rings. The highest BCUT2D eigenvalue weighted by Crippen LogP contribution is 2.23. The Morgan fingerprint density at radius 1 is 1.28 bits per heavy atom. The van der Waals surface area contributed by atoms with E-state index in [0.717, 1.165) is 26.3 Å². The van der Waals surface area contributed by atoms with Gasteiger partial charge in [-0.2, -0.15) is 0 Å². The summed E-state index contributed by atoms with van der Waals surface area (Å²) in [7, 11) is 0. The number of anilines is 1. The Balaban J connectivity index is 2.09. The molecule has 0 aliphatic rings. The van der Waals surface area contributed by atoms with Crippen LogP contribution in [0.15, 0.2) is 34.9 Å². The third-order valence-electron chi connectivity index (χ3n) is 2.51. The highest BCUT2D eigenvalue weighted by Gasteiger charge is 2.02. The van der Waals surface area contributed by atoms with Crippen LogP contribution in [0.3, 0.4) is 0 Å². The molecule has 0 saturated carbocycles. The van der Waals surface area contributed by atoms with Gasteiger partial charge in [0.2, 0.25) is 0 Å². The molecule has 1 N–H and O–H groups in total. The van der Waals surface area contributed by atoms with Crippen molar-refractivity contribution in [3.05, 3.63) is 56.2 Å². The van der Waals surface area contributed by atoms with Gasteiger partial charge in [0.1, 0.15) is 5.15 Å². The first-order chi connectivity index (χ1) is 8.56. The summed E-state index contributed by atoms with van der Waals surface area (Å²) in [6.07, 6.45) is 1.72. The zero-order valence-corrected chi connectivity index (χ0v) is 12.8. The monoisotopic (exact) mass is 344 g/mol. The minimum absolute atomic E-state index is 0.535. The molecule has 0 spiro atoms. The van der Waals surface area contributed by atoms with Crippen LogP contribution in [0.2, 0.25) is 10.2 Å². The van der Waals surface area contributed by atoms with E-state index in [1.54, 1.807) is 6.20 Å². The van der Waals surface area contributed by atoms with Crippen molar-refractivity contribution in [1.29, 1.82) is 0 Å². The Bertz CT molecular complexity index is 573. The van der Waals surface area contributed by atoms with E-state index in [1.807, 2.05) is 31.2 Å². The minimum atomic E-state index is 0.535. The van der Waals surface area contributed by atoms with Crippen LogP contribution in [-0.2, 0) is 6.54 Å². The number of halogens is 3. The fourth-order valence-corrected chi connectivity index (χ4v) is 2.44. The summed E-state index contributed by atoms with van der Waals surface area (Å²) < 4.78 is 0.987. The van der Waals surface area contributed by atoms with Gasteiger partial charge in [-0.25, -0.2) is 4.98 Å². The van der Waals surface area contributed by atoms with Gasteiger partial charge in [-0.15, -0.1) is 0 Å². The van der Waals surface area contributed by atoms with Crippen molar-refractivity contribution in [2.24, 2.45) is 0 Å². The van der Waals surface area contributed by atoms with E-state index in [4.69, 9.17) is 23.2 Å². The lowest BCUT2D eigenvalue weighted by Crippen LogP contribution is -2.01. The molecular weight excluding hydrogens is 335 g/mol. The Labute approximate surface area is 124 Å². The van der Waals surface area contributed by atoms with Crippen LogP contribution in [-0.4, -0.2) is 4.98 Å². The molecule has 1 heterocycles. The summed E-state index contributed by atoms with van der Waals surface area (Å²) in [6, 6.07) is 7.70. The van der Waals surface area contributed by atoms with Crippen LogP contribution in [0, 0.1) is 6.92 Å². The average molecular weight is 346 g/mol. The molecule has 18 heavy (non-hydrogen) atoms. The summed E-state index contributed by atoms with van der Waals surface area (Å²) in [5, 5.41) is 4.55. The van der Waals surface area contributed by atoms with E-state index in [1.165, 1.54) is 0 Å². The van der Waals surface area contributed by atoms with Gasteiger partial charge in [0.05, 0.1) is 11.9 Å². The largest absolute Gasteiger partial charge is 0.380 e. The van der Waals surface area contributed by atoms with E-state index >= 15 is 0 Å². The van der Waals surface area contributed by atoms with Crippen LogP contribution in [0.4, 0.5) is 5.69 Å². The third-order valence-corrected chi connectivity index (χ3v) is 3.88. The van der Waals surface area contributed by atoms with Crippen LogP contribution in [0.1, 0.15) is 11.1 Å². The van der Waals surface area contributed by atoms with Crippen LogP contribution in [0.5, 0.6) is 0 Å². The van der Waals surface area contributed by atoms with Gasteiger partial charge in [-0.1, -0.05) is 45.2 Å². The van der Waals surface area contributed by atoms with Crippen LogP contribution >= 0.6 is 39.1 Å². The van der Waals surface area contributed by atoms with E-state index in [0.29, 0.717) is 11.7 Å². The topological polar surface area (TPSA) is 24.9 Å². The molecule has 0 saturated heterocycles. The van der Waals surface area contributed by atoms with E-state index in [9.17, 15) is 0 Å². The number of rotatable bonds is 3. The molecule has 0 bridgehead atoms. The van der Waals surface area contributed by atoms with Gasteiger partial charge in [0, 0.05) is 16.0 Å². The maximum absolute atomic E-state index is 5.90. The second-order valence-electron chi connectivity index (χ2n) is 3.92. The summed E-state index contributed by atoms with van der Waals surface area (Å²) in [6.45, 7) is 2.62. The molecule has 1 aromatic carbocycles. The zero-order valence-electron chi connectivity index (χ0n) is 9.67. The van der Waals surface area contributed by atoms with Gasteiger partial charge in [0.25, 0.3) is 0 Å². The molecule has 0 aliphatic heterocycles. The predicted molar refractivity (Wildman–Crippen MR) is 80.5 cm³/mol. The summed E-state index contributed by atoms with van der Waals surface area (Å²) >= 11 is 15.3. The van der Waals surface area contributed by atoms with Crippen molar-refractivity contribution >= 4 is 44.8 Å². The molecule has 0 amide bonds. The second-order valence-corrected chi connectivity index (χ2v) is 5.57. The lowest BCUT2D eigenvalue weighted by molar-refractivity contribution is 1.12. The number of hydrogen-bond donors (Lipinski definition) is 1. The number of aromatic nitrogens is 1.